The van der Waals surface area contributed by atoms with Crippen LogP contribution in [0.4, 0.5) is 0 Å². The van der Waals surface area contributed by atoms with Gasteiger partial charge in [0.25, 0.3) is 0 Å². The number of hydrogen-bond acceptors (Lipinski definition) is 2. The van der Waals surface area contributed by atoms with E-state index in [-0.39, 0.29) is 5.97 Å². The van der Waals surface area contributed by atoms with Gasteiger partial charge in [0.1, 0.15) is 0 Å². The summed E-state index contributed by atoms with van der Waals surface area (Å²) in [5, 5.41) is 0. The van der Waals surface area contributed by atoms with E-state index in [2.05, 4.69) is 20.8 Å². The van der Waals surface area contributed by atoms with E-state index in [1.807, 2.05) is 0 Å². The minimum Gasteiger partial charge on any atom is -0.465 e. The van der Waals surface area contributed by atoms with Crippen molar-refractivity contribution in [3.63, 3.8) is 0 Å². The molecule has 0 saturated carbocycles. The van der Waals surface area contributed by atoms with Crippen LogP contribution in [0.15, 0.2) is 0 Å². The zero-order chi connectivity index (χ0) is 26.4. The Morgan fingerprint density at radius 3 is 1.11 bits per heavy atom. The Morgan fingerprint density at radius 2 is 0.750 bits per heavy atom. The molecule has 0 fully saturated rings. The summed E-state index contributed by atoms with van der Waals surface area (Å²) in [5.41, 5.74) is 0. The van der Waals surface area contributed by atoms with Crippen LogP contribution in [0, 0.1) is 5.92 Å². The van der Waals surface area contributed by atoms with Crippen molar-refractivity contribution in [3.05, 3.63) is 0 Å². The third kappa shape index (κ3) is 28.0. The van der Waals surface area contributed by atoms with E-state index in [0.29, 0.717) is 18.9 Å². The lowest BCUT2D eigenvalue weighted by molar-refractivity contribution is -0.145. The van der Waals surface area contributed by atoms with Gasteiger partial charge in [-0.3, -0.25) is 4.79 Å². The summed E-state index contributed by atoms with van der Waals surface area (Å²) in [6, 6.07) is 0. The second-order valence-electron chi connectivity index (χ2n) is 11.7. The predicted octanol–water partition coefficient (Wildman–Crippen LogP) is 12.1. The number of carbonyl (C=O) groups excluding carboxylic acids is 1. The van der Waals surface area contributed by atoms with E-state index in [1.165, 1.54) is 167 Å². The highest BCUT2D eigenvalue weighted by Crippen LogP contribution is 2.21. The molecular weight excluding hydrogens is 440 g/mol. The van der Waals surface area contributed by atoms with Crippen molar-refractivity contribution in [1.29, 1.82) is 0 Å². The molecule has 2 nitrogen and oxygen atoms in total. The fourth-order valence-corrected chi connectivity index (χ4v) is 5.31. The first-order chi connectivity index (χ1) is 17.7. The van der Waals surface area contributed by atoms with Gasteiger partial charge in [-0.1, -0.05) is 175 Å². The van der Waals surface area contributed by atoms with Gasteiger partial charge in [0, 0.05) is 6.42 Å². The Labute approximate surface area is 228 Å². The molecule has 0 aromatic carbocycles. The summed E-state index contributed by atoms with van der Waals surface area (Å²) in [6.07, 6.45) is 36.8. The molecule has 0 radical (unpaired) electrons. The molecule has 0 aliphatic heterocycles. The average Bonchev–Trinajstić information content (AvgIpc) is 2.88. The van der Waals surface area contributed by atoms with Gasteiger partial charge >= 0.3 is 5.97 Å². The van der Waals surface area contributed by atoms with E-state index >= 15 is 0 Å². The van der Waals surface area contributed by atoms with Gasteiger partial charge in [-0.15, -0.1) is 0 Å². The molecule has 0 aromatic heterocycles. The van der Waals surface area contributed by atoms with Crippen LogP contribution in [0.3, 0.4) is 0 Å². The van der Waals surface area contributed by atoms with Crippen LogP contribution in [0.1, 0.15) is 201 Å². The highest BCUT2D eigenvalue weighted by molar-refractivity contribution is 5.69. The van der Waals surface area contributed by atoms with Crippen molar-refractivity contribution in [2.24, 2.45) is 5.92 Å². The number of esters is 1. The Balaban J connectivity index is 4.01. The van der Waals surface area contributed by atoms with Crippen molar-refractivity contribution in [2.75, 3.05) is 6.61 Å². The lowest BCUT2D eigenvalue weighted by atomic mass is 9.94. The summed E-state index contributed by atoms with van der Waals surface area (Å²) in [5.74, 6) is 0.629. The van der Waals surface area contributed by atoms with Crippen LogP contribution in [0.25, 0.3) is 0 Å². The first kappa shape index (κ1) is 35.5. The molecule has 0 saturated heterocycles. The fourth-order valence-electron chi connectivity index (χ4n) is 5.31. The van der Waals surface area contributed by atoms with E-state index < -0.39 is 0 Å². The molecule has 1 atom stereocenters. The van der Waals surface area contributed by atoms with Crippen LogP contribution in [0.2, 0.25) is 0 Å². The summed E-state index contributed by atoms with van der Waals surface area (Å²) in [4.78, 5) is 12.3. The average molecular weight is 509 g/mol. The summed E-state index contributed by atoms with van der Waals surface area (Å²) in [6.45, 7) is 7.51. The Bertz CT molecular complexity index is 419. The van der Waals surface area contributed by atoms with Gasteiger partial charge in [0.2, 0.25) is 0 Å². The van der Waals surface area contributed by atoms with Crippen LogP contribution in [-0.2, 0) is 9.53 Å². The standard InChI is InChI=1S/C34H68O2/c1-4-7-10-13-16-18-19-22-24-27-30-33(29-26-23-21-17-14-11-8-5-2)32-36-34(35)31-28-25-20-15-12-9-6-3/h33H,4-32H2,1-3H3. The van der Waals surface area contributed by atoms with Gasteiger partial charge in [-0.05, 0) is 25.2 Å². The first-order valence-corrected chi connectivity index (χ1v) is 16.9. The van der Waals surface area contributed by atoms with E-state index in [0.717, 1.165) is 6.42 Å². The maximum absolute atomic E-state index is 12.3. The molecule has 0 aliphatic carbocycles. The molecule has 0 N–H and O–H groups in total. The quantitative estimate of drug-likeness (QED) is 0.0712. The zero-order valence-electron chi connectivity index (χ0n) is 25.4. The molecule has 36 heavy (non-hydrogen) atoms. The first-order valence-electron chi connectivity index (χ1n) is 16.9. The summed E-state index contributed by atoms with van der Waals surface area (Å²) < 4.78 is 5.78. The van der Waals surface area contributed by atoms with Crippen molar-refractivity contribution < 1.29 is 9.53 Å². The molecular formula is C34H68O2. The maximum Gasteiger partial charge on any atom is 0.305 e. The van der Waals surface area contributed by atoms with E-state index in [4.69, 9.17) is 4.74 Å². The van der Waals surface area contributed by atoms with Gasteiger partial charge in [0.15, 0.2) is 0 Å². The van der Waals surface area contributed by atoms with Crippen molar-refractivity contribution >= 4 is 5.97 Å². The number of rotatable bonds is 30. The van der Waals surface area contributed by atoms with Crippen LogP contribution in [0.5, 0.6) is 0 Å². The molecule has 0 aromatic rings. The minimum absolute atomic E-state index is 0.0487. The Morgan fingerprint density at radius 1 is 0.444 bits per heavy atom. The van der Waals surface area contributed by atoms with Gasteiger partial charge in [0.05, 0.1) is 6.61 Å². The molecule has 0 heterocycles. The molecule has 2 heteroatoms. The second kappa shape index (κ2) is 30.7. The highest BCUT2D eigenvalue weighted by atomic mass is 16.5. The molecule has 0 rings (SSSR count). The Kier molecular flexibility index (Phi) is 30.2. The third-order valence-corrected chi connectivity index (χ3v) is 7.90. The van der Waals surface area contributed by atoms with Crippen molar-refractivity contribution in [1.82, 2.24) is 0 Å². The van der Waals surface area contributed by atoms with Gasteiger partial charge < -0.3 is 4.74 Å². The highest BCUT2D eigenvalue weighted by Gasteiger charge is 2.12. The van der Waals surface area contributed by atoms with Crippen LogP contribution >= 0.6 is 0 Å². The minimum atomic E-state index is 0.0487. The molecule has 0 spiro atoms. The Hall–Kier alpha value is -0.530. The maximum atomic E-state index is 12.3. The van der Waals surface area contributed by atoms with Crippen LogP contribution < -0.4 is 0 Å². The lowest BCUT2D eigenvalue weighted by Gasteiger charge is -2.17. The van der Waals surface area contributed by atoms with E-state index in [9.17, 15) is 4.79 Å². The molecule has 216 valence electrons. The predicted molar refractivity (Wildman–Crippen MR) is 161 cm³/mol. The van der Waals surface area contributed by atoms with Gasteiger partial charge in [-0.2, -0.15) is 0 Å². The van der Waals surface area contributed by atoms with Crippen molar-refractivity contribution in [2.45, 2.75) is 201 Å². The lowest BCUT2D eigenvalue weighted by Crippen LogP contribution is -2.14. The fraction of sp³-hybridized carbons (Fsp3) is 0.971. The smallest absolute Gasteiger partial charge is 0.305 e. The van der Waals surface area contributed by atoms with Gasteiger partial charge in [-0.25, -0.2) is 0 Å². The SMILES string of the molecule is CCCCCCCCCCCCC(CCCCCCCCCC)COC(=O)CCCCCCCCC. The summed E-state index contributed by atoms with van der Waals surface area (Å²) in [7, 11) is 0. The number of carbonyl (C=O) groups is 1. The number of ether oxygens (including phenoxy) is 1. The zero-order valence-corrected chi connectivity index (χ0v) is 25.4. The third-order valence-electron chi connectivity index (χ3n) is 7.90. The molecule has 0 aliphatic rings. The molecule has 1 unspecified atom stereocenters. The molecule has 0 bridgehead atoms. The topological polar surface area (TPSA) is 26.3 Å². The number of unbranched alkanes of at least 4 members (excludes halogenated alkanes) is 22. The molecule has 0 amide bonds. The monoisotopic (exact) mass is 509 g/mol. The van der Waals surface area contributed by atoms with Crippen molar-refractivity contribution in [3.8, 4) is 0 Å². The normalized spacial score (nSPS) is 12.2. The second-order valence-corrected chi connectivity index (χ2v) is 11.7. The largest absolute Gasteiger partial charge is 0.465 e. The summed E-state index contributed by atoms with van der Waals surface area (Å²) >= 11 is 0. The number of hydrogen-bond donors (Lipinski definition) is 0. The van der Waals surface area contributed by atoms with Crippen LogP contribution in [-0.4, -0.2) is 12.6 Å². The van der Waals surface area contributed by atoms with E-state index in [1.54, 1.807) is 0 Å².